The summed E-state index contributed by atoms with van der Waals surface area (Å²) >= 11 is 3.42. The topological polar surface area (TPSA) is 32.3 Å². The maximum absolute atomic E-state index is 9.64. The Hall–Kier alpha value is -1.32. The maximum Gasteiger partial charge on any atom is 0.0745 e. The van der Waals surface area contributed by atoms with Gasteiger partial charge in [0.25, 0.3) is 0 Å². The number of aliphatic hydroxyl groups is 1. The smallest absolute Gasteiger partial charge is 0.0745 e. The van der Waals surface area contributed by atoms with Crippen molar-refractivity contribution in [1.29, 1.82) is 0 Å². The molecule has 0 heterocycles. The van der Waals surface area contributed by atoms with E-state index in [1.807, 2.05) is 24.3 Å². The van der Waals surface area contributed by atoms with Crippen LogP contribution in [0.15, 0.2) is 53.0 Å². The first-order valence-corrected chi connectivity index (χ1v) is 8.09. The second-order valence-corrected chi connectivity index (χ2v) is 6.64. The molecule has 1 atom stereocenters. The van der Waals surface area contributed by atoms with Crippen LogP contribution in [0.3, 0.4) is 0 Å². The molecule has 0 saturated carbocycles. The third-order valence-corrected chi connectivity index (χ3v) is 3.92. The van der Waals surface area contributed by atoms with Crippen LogP contribution in [0.4, 0.5) is 5.69 Å². The quantitative estimate of drug-likeness (QED) is 0.786. The second kappa shape index (κ2) is 7.62. The van der Waals surface area contributed by atoms with Gasteiger partial charge in [-0.05, 0) is 47.7 Å². The van der Waals surface area contributed by atoms with Crippen molar-refractivity contribution >= 4 is 21.6 Å². The zero-order chi connectivity index (χ0) is 15.2. The van der Waals surface area contributed by atoms with Crippen molar-refractivity contribution in [1.82, 2.24) is 0 Å². The summed E-state index contributed by atoms with van der Waals surface area (Å²) in [5, 5.41) is 13.0. The molecule has 2 aromatic carbocycles. The van der Waals surface area contributed by atoms with E-state index in [1.165, 1.54) is 5.56 Å². The SMILES string of the molecule is CC(C)Cc1ccc(C(CO)Nc2ccc(Br)cc2)cc1. The number of nitrogens with one attached hydrogen (secondary N) is 1. The van der Waals surface area contributed by atoms with Crippen molar-refractivity contribution in [3.05, 3.63) is 64.1 Å². The van der Waals surface area contributed by atoms with Gasteiger partial charge < -0.3 is 10.4 Å². The largest absolute Gasteiger partial charge is 0.394 e. The molecule has 0 fully saturated rings. The Morgan fingerprint density at radius 2 is 1.62 bits per heavy atom. The summed E-state index contributed by atoms with van der Waals surface area (Å²) in [6.07, 6.45) is 1.09. The minimum Gasteiger partial charge on any atom is -0.394 e. The summed E-state index contributed by atoms with van der Waals surface area (Å²) in [5.41, 5.74) is 3.45. The van der Waals surface area contributed by atoms with Gasteiger partial charge in [-0.3, -0.25) is 0 Å². The third kappa shape index (κ3) is 4.87. The van der Waals surface area contributed by atoms with Gasteiger partial charge in [0.1, 0.15) is 0 Å². The Morgan fingerprint density at radius 1 is 1.00 bits per heavy atom. The van der Waals surface area contributed by atoms with Crippen LogP contribution >= 0.6 is 15.9 Å². The van der Waals surface area contributed by atoms with Crippen LogP contribution in [0.5, 0.6) is 0 Å². The van der Waals surface area contributed by atoms with E-state index < -0.39 is 0 Å². The zero-order valence-electron chi connectivity index (χ0n) is 12.5. The van der Waals surface area contributed by atoms with Crippen LogP contribution in [0.25, 0.3) is 0 Å². The van der Waals surface area contributed by atoms with Crippen LogP contribution in [-0.4, -0.2) is 11.7 Å². The van der Waals surface area contributed by atoms with Crippen LogP contribution in [0.1, 0.15) is 31.0 Å². The Balaban J connectivity index is 2.08. The number of hydrogen-bond acceptors (Lipinski definition) is 2. The van der Waals surface area contributed by atoms with Gasteiger partial charge in [0, 0.05) is 10.2 Å². The average molecular weight is 348 g/mol. The first kappa shape index (κ1) is 16.1. The van der Waals surface area contributed by atoms with Gasteiger partial charge in [-0.2, -0.15) is 0 Å². The highest BCUT2D eigenvalue weighted by molar-refractivity contribution is 9.10. The molecule has 0 spiro atoms. The Bertz CT molecular complexity index is 548. The van der Waals surface area contributed by atoms with Crippen molar-refractivity contribution < 1.29 is 5.11 Å². The zero-order valence-corrected chi connectivity index (χ0v) is 14.1. The molecular weight excluding hydrogens is 326 g/mol. The highest BCUT2D eigenvalue weighted by atomic mass is 79.9. The molecule has 0 aliphatic carbocycles. The van der Waals surface area contributed by atoms with Crippen LogP contribution < -0.4 is 5.32 Å². The predicted molar refractivity (Wildman–Crippen MR) is 92.6 cm³/mol. The Labute approximate surface area is 135 Å². The molecule has 2 nitrogen and oxygen atoms in total. The molecule has 21 heavy (non-hydrogen) atoms. The fourth-order valence-corrected chi connectivity index (χ4v) is 2.60. The lowest BCUT2D eigenvalue weighted by Gasteiger charge is -2.18. The number of aliphatic hydroxyl groups excluding tert-OH is 1. The molecule has 3 heteroatoms. The predicted octanol–water partition coefficient (Wildman–Crippen LogP) is 4.79. The first-order valence-electron chi connectivity index (χ1n) is 7.30. The van der Waals surface area contributed by atoms with Crippen molar-refractivity contribution in [3.8, 4) is 0 Å². The highest BCUT2D eigenvalue weighted by Crippen LogP contribution is 2.22. The minimum absolute atomic E-state index is 0.0690. The van der Waals surface area contributed by atoms with Crippen LogP contribution in [-0.2, 0) is 6.42 Å². The second-order valence-electron chi connectivity index (χ2n) is 5.73. The fourth-order valence-electron chi connectivity index (χ4n) is 2.34. The third-order valence-electron chi connectivity index (χ3n) is 3.39. The van der Waals surface area contributed by atoms with E-state index in [-0.39, 0.29) is 12.6 Å². The van der Waals surface area contributed by atoms with E-state index in [9.17, 15) is 5.11 Å². The molecule has 0 aromatic heterocycles. The molecule has 2 rings (SSSR count). The average Bonchev–Trinajstić information content (AvgIpc) is 2.47. The standard InChI is InChI=1S/C18H22BrNO/c1-13(2)11-14-3-5-15(6-4-14)18(12-21)20-17-9-7-16(19)8-10-17/h3-10,13,18,20-21H,11-12H2,1-2H3. The molecule has 0 aliphatic heterocycles. The Morgan fingerprint density at radius 3 is 2.14 bits per heavy atom. The lowest BCUT2D eigenvalue weighted by molar-refractivity contribution is 0.276. The molecular formula is C18H22BrNO. The van der Waals surface area contributed by atoms with Gasteiger partial charge in [-0.1, -0.05) is 54.0 Å². The summed E-state index contributed by atoms with van der Waals surface area (Å²) in [5.74, 6) is 0.658. The first-order chi connectivity index (χ1) is 10.1. The van der Waals surface area contributed by atoms with Gasteiger partial charge >= 0.3 is 0 Å². The fraction of sp³-hybridized carbons (Fsp3) is 0.333. The van der Waals surface area contributed by atoms with E-state index in [0.29, 0.717) is 5.92 Å². The number of hydrogen-bond donors (Lipinski definition) is 2. The number of benzene rings is 2. The van der Waals surface area contributed by atoms with Crippen molar-refractivity contribution in [2.45, 2.75) is 26.3 Å². The van der Waals surface area contributed by atoms with E-state index in [1.54, 1.807) is 0 Å². The molecule has 0 aliphatic rings. The lowest BCUT2D eigenvalue weighted by atomic mass is 9.99. The number of anilines is 1. The summed E-state index contributed by atoms with van der Waals surface area (Å²) in [6, 6.07) is 16.4. The molecule has 0 amide bonds. The maximum atomic E-state index is 9.64. The highest BCUT2D eigenvalue weighted by Gasteiger charge is 2.10. The van der Waals surface area contributed by atoms with Gasteiger partial charge in [-0.15, -0.1) is 0 Å². The molecule has 0 saturated heterocycles. The van der Waals surface area contributed by atoms with Crippen LogP contribution in [0.2, 0.25) is 0 Å². The Kier molecular flexibility index (Phi) is 5.83. The normalized spacial score (nSPS) is 12.4. The number of rotatable bonds is 6. The summed E-state index contributed by atoms with van der Waals surface area (Å²) in [6.45, 7) is 4.51. The molecule has 2 aromatic rings. The summed E-state index contributed by atoms with van der Waals surface area (Å²) in [4.78, 5) is 0. The van der Waals surface area contributed by atoms with Gasteiger partial charge in [0.15, 0.2) is 0 Å². The molecule has 112 valence electrons. The van der Waals surface area contributed by atoms with Gasteiger partial charge in [-0.25, -0.2) is 0 Å². The summed E-state index contributed by atoms with van der Waals surface area (Å²) < 4.78 is 1.05. The van der Waals surface area contributed by atoms with Gasteiger partial charge in [0.2, 0.25) is 0 Å². The van der Waals surface area contributed by atoms with Crippen molar-refractivity contribution in [2.75, 3.05) is 11.9 Å². The monoisotopic (exact) mass is 347 g/mol. The lowest BCUT2D eigenvalue weighted by Crippen LogP contribution is -2.14. The van der Waals surface area contributed by atoms with Gasteiger partial charge in [0.05, 0.1) is 12.6 Å². The van der Waals surface area contributed by atoms with E-state index >= 15 is 0 Å². The molecule has 0 bridgehead atoms. The minimum atomic E-state index is -0.0840. The van der Waals surface area contributed by atoms with Crippen LogP contribution in [0, 0.1) is 5.92 Å². The number of halogens is 1. The van der Waals surface area contributed by atoms with E-state index in [2.05, 4.69) is 59.4 Å². The van der Waals surface area contributed by atoms with Crippen molar-refractivity contribution in [2.24, 2.45) is 5.92 Å². The molecule has 1 unspecified atom stereocenters. The summed E-state index contributed by atoms with van der Waals surface area (Å²) in [7, 11) is 0. The molecule has 2 N–H and O–H groups in total. The van der Waals surface area contributed by atoms with E-state index in [0.717, 1.165) is 22.1 Å². The molecule has 0 radical (unpaired) electrons. The van der Waals surface area contributed by atoms with E-state index in [4.69, 9.17) is 0 Å². The van der Waals surface area contributed by atoms with Crippen molar-refractivity contribution in [3.63, 3.8) is 0 Å².